The first-order valence-corrected chi connectivity index (χ1v) is 9.75. The third kappa shape index (κ3) is 3.21. The second-order valence-electron chi connectivity index (χ2n) is 6.34. The summed E-state index contributed by atoms with van der Waals surface area (Å²) in [5, 5.41) is 3.37. The van der Waals surface area contributed by atoms with E-state index in [-0.39, 0.29) is 12.4 Å². The number of rotatable bonds is 3. The van der Waals surface area contributed by atoms with Crippen LogP contribution in [0.15, 0.2) is 54.6 Å². The summed E-state index contributed by atoms with van der Waals surface area (Å²) in [7, 11) is -3.60. The van der Waals surface area contributed by atoms with E-state index in [2.05, 4.69) is 5.32 Å². The van der Waals surface area contributed by atoms with Gasteiger partial charge in [0.05, 0.1) is 17.1 Å². The summed E-state index contributed by atoms with van der Waals surface area (Å²) in [4.78, 5) is 0. The second-order valence-corrected chi connectivity index (χ2v) is 8.04. The Bertz CT molecular complexity index is 823. The number of nitrogens with one attached hydrogen (secondary N) is 1. The van der Waals surface area contributed by atoms with Crippen molar-refractivity contribution in [1.82, 2.24) is 5.32 Å². The molecule has 5 nitrogen and oxygen atoms in total. The normalized spacial score (nSPS) is 21.5. The summed E-state index contributed by atoms with van der Waals surface area (Å²) in [6, 6.07) is 16.8. The number of benzene rings is 2. The molecule has 1 atom stereocenters. The quantitative estimate of drug-likeness (QED) is 0.890. The Hall–Kier alpha value is -1.76. The van der Waals surface area contributed by atoms with Gasteiger partial charge in [-0.2, -0.15) is 8.42 Å². The molecule has 7 heteroatoms. The minimum Gasteiger partial charge on any atom is -0.316 e. The van der Waals surface area contributed by atoms with Crippen LogP contribution in [-0.2, 0) is 10.2 Å². The summed E-state index contributed by atoms with van der Waals surface area (Å²) in [6.45, 7) is 2.42. The van der Waals surface area contributed by atoms with Gasteiger partial charge in [-0.25, -0.2) is 4.31 Å². The molecule has 1 unspecified atom stereocenters. The molecule has 134 valence electrons. The molecule has 0 spiro atoms. The van der Waals surface area contributed by atoms with Crippen molar-refractivity contribution < 1.29 is 8.42 Å². The maximum atomic E-state index is 13.3. The highest BCUT2D eigenvalue weighted by atomic mass is 35.5. The fourth-order valence-electron chi connectivity index (χ4n) is 3.54. The first-order valence-electron chi connectivity index (χ1n) is 8.36. The number of anilines is 3. The van der Waals surface area contributed by atoms with Crippen molar-refractivity contribution in [2.45, 2.75) is 12.8 Å². The molecule has 2 aliphatic rings. The Kier molecular flexibility index (Phi) is 5.22. The average molecular weight is 380 g/mol. The van der Waals surface area contributed by atoms with Crippen molar-refractivity contribution in [3.63, 3.8) is 0 Å². The third-order valence-corrected chi connectivity index (χ3v) is 6.46. The Morgan fingerprint density at radius 1 is 1.00 bits per heavy atom. The Morgan fingerprint density at radius 2 is 1.68 bits per heavy atom. The standard InChI is InChI=1S/C18H21N3O2S.ClH/c22-24(23)20(14-15-7-6-12-19-13-15)17-10-4-5-11-18(17)21(24)16-8-2-1-3-9-16;/h1-5,8-11,15,19H,6-7,12-14H2;1H. The summed E-state index contributed by atoms with van der Waals surface area (Å²) >= 11 is 0. The van der Waals surface area contributed by atoms with Gasteiger partial charge < -0.3 is 5.32 Å². The molecule has 0 aromatic heterocycles. The van der Waals surface area contributed by atoms with Gasteiger partial charge >= 0.3 is 10.2 Å². The van der Waals surface area contributed by atoms with E-state index in [1.807, 2.05) is 54.6 Å². The predicted molar refractivity (Wildman–Crippen MR) is 104 cm³/mol. The number of nitrogens with zero attached hydrogens (tertiary/aromatic N) is 2. The summed E-state index contributed by atoms with van der Waals surface area (Å²) in [5.41, 5.74) is 2.17. The van der Waals surface area contributed by atoms with Crippen LogP contribution in [-0.4, -0.2) is 28.1 Å². The highest BCUT2D eigenvalue weighted by Crippen LogP contribution is 2.45. The van der Waals surface area contributed by atoms with Crippen molar-refractivity contribution in [3.8, 4) is 0 Å². The summed E-state index contributed by atoms with van der Waals surface area (Å²) in [6.07, 6.45) is 2.16. The first kappa shape index (κ1) is 18.0. The summed E-state index contributed by atoms with van der Waals surface area (Å²) in [5.74, 6) is 0.345. The van der Waals surface area contributed by atoms with E-state index >= 15 is 0 Å². The fraction of sp³-hybridized carbons (Fsp3) is 0.333. The molecule has 2 heterocycles. The van der Waals surface area contributed by atoms with Gasteiger partial charge in [0.1, 0.15) is 0 Å². The lowest BCUT2D eigenvalue weighted by molar-refractivity contribution is 0.386. The van der Waals surface area contributed by atoms with Gasteiger partial charge in [-0.1, -0.05) is 30.3 Å². The minimum absolute atomic E-state index is 0. The molecule has 0 saturated carbocycles. The van der Waals surface area contributed by atoms with Gasteiger partial charge in [0.2, 0.25) is 0 Å². The van der Waals surface area contributed by atoms with E-state index in [9.17, 15) is 8.42 Å². The number of fused-ring (bicyclic) bond motifs is 1. The Labute approximate surface area is 155 Å². The molecule has 0 aliphatic carbocycles. The first-order chi connectivity index (χ1) is 11.7. The van der Waals surface area contributed by atoms with Crippen LogP contribution >= 0.6 is 12.4 Å². The highest BCUT2D eigenvalue weighted by molar-refractivity contribution is 7.95. The fourth-order valence-corrected chi connectivity index (χ4v) is 5.33. The van der Waals surface area contributed by atoms with Crippen LogP contribution in [0.2, 0.25) is 0 Å². The van der Waals surface area contributed by atoms with Crippen molar-refractivity contribution in [2.75, 3.05) is 28.2 Å². The van der Waals surface area contributed by atoms with Crippen LogP contribution < -0.4 is 13.9 Å². The van der Waals surface area contributed by atoms with E-state index < -0.39 is 10.2 Å². The largest absolute Gasteiger partial charge is 0.330 e. The van der Waals surface area contributed by atoms with Crippen molar-refractivity contribution >= 4 is 39.7 Å². The summed E-state index contributed by atoms with van der Waals surface area (Å²) < 4.78 is 29.5. The maximum absolute atomic E-state index is 13.3. The van der Waals surface area contributed by atoms with E-state index in [1.54, 1.807) is 4.31 Å². The average Bonchev–Trinajstić information content (AvgIpc) is 2.84. The molecule has 0 bridgehead atoms. The minimum atomic E-state index is -3.60. The topological polar surface area (TPSA) is 52.7 Å². The lowest BCUT2D eigenvalue weighted by atomic mass is 9.99. The molecule has 2 aromatic rings. The lowest BCUT2D eigenvalue weighted by Gasteiger charge is -2.28. The number of halogens is 1. The SMILES string of the molecule is Cl.O=S1(=O)N(CC2CCCNC2)c2ccccc2N1c1ccccc1. The predicted octanol–water partition coefficient (Wildman–Crippen LogP) is 3.31. The van der Waals surface area contributed by atoms with Gasteiger partial charge in [-0.3, -0.25) is 4.31 Å². The van der Waals surface area contributed by atoms with Crippen LogP contribution in [0.4, 0.5) is 17.1 Å². The van der Waals surface area contributed by atoms with Gasteiger partial charge in [0.15, 0.2) is 0 Å². The number of para-hydroxylation sites is 3. The van der Waals surface area contributed by atoms with Crippen LogP contribution in [0, 0.1) is 5.92 Å². The molecular weight excluding hydrogens is 358 g/mol. The second kappa shape index (κ2) is 7.23. The van der Waals surface area contributed by atoms with Crippen LogP contribution in [0.1, 0.15) is 12.8 Å². The van der Waals surface area contributed by atoms with E-state index in [1.165, 1.54) is 4.31 Å². The van der Waals surface area contributed by atoms with E-state index in [0.29, 0.717) is 18.2 Å². The van der Waals surface area contributed by atoms with Crippen molar-refractivity contribution in [1.29, 1.82) is 0 Å². The van der Waals surface area contributed by atoms with Crippen molar-refractivity contribution in [2.24, 2.45) is 5.92 Å². The van der Waals surface area contributed by atoms with Gasteiger partial charge in [-0.05, 0) is 56.1 Å². The van der Waals surface area contributed by atoms with E-state index in [0.717, 1.165) is 37.3 Å². The number of hydrogen-bond donors (Lipinski definition) is 1. The third-order valence-electron chi connectivity index (χ3n) is 4.69. The Morgan fingerprint density at radius 3 is 2.36 bits per heavy atom. The molecule has 0 radical (unpaired) electrons. The molecular formula is C18H22ClN3O2S. The van der Waals surface area contributed by atoms with Crippen LogP contribution in [0.5, 0.6) is 0 Å². The molecule has 1 saturated heterocycles. The van der Waals surface area contributed by atoms with E-state index in [4.69, 9.17) is 0 Å². The highest BCUT2D eigenvalue weighted by Gasteiger charge is 2.41. The smallest absolute Gasteiger partial charge is 0.316 e. The monoisotopic (exact) mass is 379 g/mol. The zero-order valence-electron chi connectivity index (χ0n) is 13.8. The Balaban J connectivity index is 0.00000182. The maximum Gasteiger partial charge on any atom is 0.330 e. The number of piperidine rings is 1. The lowest BCUT2D eigenvalue weighted by Crippen LogP contribution is -2.42. The molecule has 4 rings (SSSR count). The number of hydrogen-bond acceptors (Lipinski definition) is 3. The zero-order chi connectivity index (χ0) is 16.6. The van der Waals surface area contributed by atoms with Crippen LogP contribution in [0.25, 0.3) is 0 Å². The van der Waals surface area contributed by atoms with Crippen LogP contribution in [0.3, 0.4) is 0 Å². The molecule has 2 aromatic carbocycles. The zero-order valence-corrected chi connectivity index (χ0v) is 15.5. The molecule has 1 N–H and O–H groups in total. The van der Waals surface area contributed by atoms with Gasteiger partial charge in [0.25, 0.3) is 0 Å². The van der Waals surface area contributed by atoms with Crippen molar-refractivity contribution in [3.05, 3.63) is 54.6 Å². The molecule has 0 amide bonds. The van der Waals surface area contributed by atoms with Gasteiger partial charge in [0, 0.05) is 6.54 Å². The molecule has 25 heavy (non-hydrogen) atoms. The molecule has 1 fully saturated rings. The molecule has 2 aliphatic heterocycles. The van der Waals surface area contributed by atoms with Gasteiger partial charge in [-0.15, -0.1) is 12.4 Å².